The summed E-state index contributed by atoms with van der Waals surface area (Å²) in [5.41, 5.74) is 0.361. The van der Waals surface area contributed by atoms with Crippen LogP contribution in [-0.4, -0.2) is 40.8 Å². The number of pyridine rings is 1. The van der Waals surface area contributed by atoms with Crippen LogP contribution in [0.2, 0.25) is 0 Å². The lowest BCUT2D eigenvalue weighted by molar-refractivity contribution is -0.132. The molecule has 0 N–H and O–H groups in total. The average molecular weight is 321 g/mol. The van der Waals surface area contributed by atoms with Crippen molar-refractivity contribution in [3.8, 4) is 0 Å². The first kappa shape index (κ1) is 18.8. The number of halogens is 1. The van der Waals surface area contributed by atoms with E-state index >= 15 is 0 Å². The lowest BCUT2D eigenvalue weighted by atomic mass is 10.1. The molecular formula is C17H24FN3O2. The first-order valence-corrected chi connectivity index (χ1v) is 7.77. The quantitative estimate of drug-likeness (QED) is 0.801. The highest BCUT2D eigenvalue weighted by molar-refractivity contribution is 6.01. The zero-order valence-corrected chi connectivity index (χ0v) is 14.1. The molecule has 2 atom stereocenters. The molecule has 2 rings (SSSR count). The number of hydrogen-bond acceptors (Lipinski definition) is 3. The fourth-order valence-electron chi connectivity index (χ4n) is 2.45. The Morgan fingerprint density at radius 3 is 2.65 bits per heavy atom. The summed E-state index contributed by atoms with van der Waals surface area (Å²) in [4.78, 5) is 31.0. The Labute approximate surface area is 136 Å². The van der Waals surface area contributed by atoms with Gasteiger partial charge in [0.25, 0.3) is 0 Å². The Kier molecular flexibility index (Phi) is 6.88. The zero-order valence-electron chi connectivity index (χ0n) is 14.1. The molecule has 0 bridgehead atoms. The predicted molar refractivity (Wildman–Crippen MR) is 88.5 cm³/mol. The van der Waals surface area contributed by atoms with Crippen molar-refractivity contribution in [1.29, 1.82) is 0 Å². The molecule has 23 heavy (non-hydrogen) atoms. The van der Waals surface area contributed by atoms with Gasteiger partial charge in [-0.3, -0.25) is 14.6 Å². The maximum Gasteiger partial charge on any atom is 0.250 e. The normalized spacial score (nSPS) is 18.0. The van der Waals surface area contributed by atoms with E-state index in [4.69, 9.17) is 0 Å². The number of hydrogen-bond donors (Lipinski definition) is 0. The van der Waals surface area contributed by atoms with Crippen LogP contribution in [-0.2, 0) is 9.59 Å². The molecule has 6 heteroatoms. The molecule has 0 aliphatic carbocycles. The first-order valence-electron chi connectivity index (χ1n) is 7.77. The van der Waals surface area contributed by atoms with Gasteiger partial charge in [0.15, 0.2) is 0 Å². The largest absolute Gasteiger partial charge is 0.334 e. The predicted octanol–water partition coefficient (Wildman–Crippen LogP) is 2.78. The van der Waals surface area contributed by atoms with E-state index in [1.165, 1.54) is 22.1 Å². The van der Waals surface area contributed by atoms with E-state index in [2.05, 4.69) is 11.6 Å². The molecule has 0 radical (unpaired) electrons. The zero-order chi connectivity index (χ0) is 17.6. The van der Waals surface area contributed by atoms with Gasteiger partial charge in [-0.25, -0.2) is 4.39 Å². The van der Waals surface area contributed by atoms with Gasteiger partial charge in [-0.05, 0) is 13.3 Å². The molecule has 2 heterocycles. The number of nitrogens with zero attached hydrogens (tertiary/aromatic N) is 3. The fraction of sp³-hybridized carbons (Fsp3) is 0.471. The molecule has 0 aromatic carbocycles. The van der Waals surface area contributed by atoms with Crippen molar-refractivity contribution >= 4 is 17.5 Å². The second kappa shape index (κ2) is 8.41. The van der Waals surface area contributed by atoms with E-state index < -0.39 is 11.9 Å². The summed E-state index contributed by atoms with van der Waals surface area (Å²) < 4.78 is 13.4. The Morgan fingerprint density at radius 1 is 1.52 bits per heavy atom. The number of likely N-dealkylation sites (tertiary alicyclic amines) is 1. The van der Waals surface area contributed by atoms with Gasteiger partial charge in [0.2, 0.25) is 11.8 Å². The van der Waals surface area contributed by atoms with E-state index in [9.17, 15) is 14.0 Å². The van der Waals surface area contributed by atoms with Crippen LogP contribution in [0.15, 0.2) is 31.1 Å². The number of rotatable bonds is 4. The van der Waals surface area contributed by atoms with Crippen LogP contribution in [0.5, 0.6) is 0 Å². The second-order valence-corrected chi connectivity index (χ2v) is 5.11. The molecule has 2 amide bonds. The highest BCUT2D eigenvalue weighted by atomic mass is 19.1. The van der Waals surface area contributed by atoms with Crippen molar-refractivity contribution in [2.75, 3.05) is 11.9 Å². The number of likely N-dealkylation sites (N-methyl/N-ethyl adjacent to an activating group) is 1. The van der Waals surface area contributed by atoms with Crippen molar-refractivity contribution in [2.45, 2.75) is 45.7 Å². The summed E-state index contributed by atoms with van der Waals surface area (Å²) in [6.45, 7) is 9.47. The van der Waals surface area contributed by atoms with Crippen LogP contribution in [0.3, 0.4) is 0 Å². The van der Waals surface area contributed by atoms with Crippen molar-refractivity contribution in [2.24, 2.45) is 0 Å². The van der Waals surface area contributed by atoms with Gasteiger partial charge in [-0.15, -0.1) is 6.58 Å². The van der Waals surface area contributed by atoms with E-state index in [1.54, 1.807) is 20.0 Å². The molecule has 5 nitrogen and oxygen atoms in total. The van der Waals surface area contributed by atoms with Crippen LogP contribution in [0.25, 0.3) is 0 Å². The average Bonchev–Trinajstić information content (AvgIpc) is 2.89. The molecule has 1 aromatic rings. The van der Waals surface area contributed by atoms with Crippen LogP contribution in [0.4, 0.5) is 10.1 Å². The molecule has 0 unspecified atom stereocenters. The lowest BCUT2D eigenvalue weighted by Crippen LogP contribution is -2.48. The third kappa shape index (κ3) is 4.15. The molecule has 0 spiro atoms. The highest BCUT2D eigenvalue weighted by Crippen LogP contribution is 2.24. The Hall–Kier alpha value is -2.24. The Morgan fingerprint density at radius 2 is 2.17 bits per heavy atom. The van der Waals surface area contributed by atoms with Gasteiger partial charge in [-0.2, -0.15) is 0 Å². The van der Waals surface area contributed by atoms with Gasteiger partial charge in [0.05, 0.1) is 24.1 Å². The third-order valence-electron chi connectivity index (χ3n) is 3.73. The molecule has 126 valence electrons. The summed E-state index contributed by atoms with van der Waals surface area (Å²) in [5.74, 6) is -0.822. The van der Waals surface area contributed by atoms with Crippen molar-refractivity contribution in [1.82, 2.24) is 9.88 Å². The van der Waals surface area contributed by atoms with Gasteiger partial charge in [0, 0.05) is 19.5 Å². The van der Waals surface area contributed by atoms with Crippen molar-refractivity contribution < 1.29 is 14.0 Å². The minimum atomic E-state index is -0.525. The SMILES string of the molecule is C=C[C@H](C)N(C(=O)[C@@H]1CCC(=O)N1C)c1cncc(F)c1.CC. The molecule has 1 fully saturated rings. The minimum Gasteiger partial charge on any atom is -0.334 e. The molecule has 1 saturated heterocycles. The monoisotopic (exact) mass is 321 g/mol. The number of amides is 2. The van der Waals surface area contributed by atoms with E-state index in [0.29, 0.717) is 18.5 Å². The molecular weight excluding hydrogens is 297 g/mol. The van der Waals surface area contributed by atoms with E-state index in [0.717, 1.165) is 6.20 Å². The fourth-order valence-corrected chi connectivity index (χ4v) is 2.45. The second-order valence-electron chi connectivity index (χ2n) is 5.11. The molecule has 1 aliphatic rings. The van der Waals surface area contributed by atoms with Crippen LogP contribution >= 0.6 is 0 Å². The molecule has 1 aliphatic heterocycles. The van der Waals surface area contributed by atoms with Gasteiger partial charge < -0.3 is 9.80 Å². The number of anilines is 1. The smallest absolute Gasteiger partial charge is 0.250 e. The van der Waals surface area contributed by atoms with Crippen molar-refractivity contribution in [3.05, 3.63) is 36.9 Å². The van der Waals surface area contributed by atoms with E-state index in [-0.39, 0.29) is 17.9 Å². The summed E-state index contributed by atoms with van der Waals surface area (Å²) in [6, 6.07) is 0.398. The summed E-state index contributed by atoms with van der Waals surface area (Å²) in [6.07, 6.45) is 4.93. The van der Waals surface area contributed by atoms with Gasteiger partial charge in [-0.1, -0.05) is 19.9 Å². The lowest BCUT2D eigenvalue weighted by Gasteiger charge is -2.31. The topological polar surface area (TPSA) is 53.5 Å². The number of aromatic nitrogens is 1. The van der Waals surface area contributed by atoms with Crippen LogP contribution in [0.1, 0.15) is 33.6 Å². The summed E-state index contributed by atoms with van der Waals surface area (Å²) >= 11 is 0. The number of carbonyl (C=O) groups excluding carboxylic acids is 2. The van der Waals surface area contributed by atoms with Gasteiger partial charge >= 0.3 is 0 Å². The first-order chi connectivity index (χ1) is 11.0. The maximum absolute atomic E-state index is 13.4. The Balaban J connectivity index is 0.00000127. The summed E-state index contributed by atoms with van der Waals surface area (Å²) in [7, 11) is 1.61. The maximum atomic E-state index is 13.4. The molecule has 0 saturated carbocycles. The van der Waals surface area contributed by atoms with Gasteiger partial charge in [0.1, 0.15) is 11.9 Å². The number of carbonyl (C=O) groups is 2. The van der Waals surface area contributed by atoms with Crippen molar-refractivity contribution in [3.63, 3.8) is 0 Å². The highest BCUT2D eigenvalue weighted by Gasteiger charge is 2.37. The third-order valence-corrected chi connectivity index (χ3v) is 3.73. The Bertz CT molecular complexity index is 577. The van der Waals surface area contributed by atoms with Crippen LogP contribution in [0, 0.1) is 5.82 Å². The standard InChI is InChI=1S/C15H18FN3O2.C2H6/c1-4-10(2)19(12-7-11(16)8-17-9-12)15(21)13-5-6-14(20)18(13)3;1-2/h4,7-10,13H,1,5-6H2,2-3H3;1-2H3/t10-,13-;/m0./s1. The minimum absolute atomic E-state index is 0.0584. The van der Waals surface area contributed by atoms with E-state index in [1.807, 2.05) is 13.8 Å². The summed E-state index contributed by atoms with van der Waals surface area (Å²) in [5, 5.41) is 0. The molecule has 1 aromatic heterocycles. The van der Waals surface area contributed by atoms with Crippen LogP contribution < -0.4 is 4.90 Å².